The fourth-order valence-electron chi connectivity index (χ4n) is 4.20. The van der Waals surface area contributed by atoms with Crippen molar-refractivity contribution in [2.24, 2.45) is 0 Å². The molecule has 1 N–H and O–H groups in total. The third kappa shape index (κ3) is 5.20. The molecule has 8 nitrogen and oxygen atoms in total. The van der Waals surface area contributed by atoms with Gasteiger partial charge in [-0.05, 0) is 17.7 Å². The molecule has 4 rings (SSSR count). The Morgan fingerprint density at radius 2 is 1.59 bits per heavy atom. The van der Waals surface area contributed by atoms with Crippen LogP contribution in [0.25, 0.3) is 0 Å². The maximum absolute atomic E-state index is 13.4. The molecule has 32 heavy (non-hydrogen) atoms. The van der Waals surface area contributed by atoms with Gasteiger partial charge in [-0.15, -0.1) is 0 Å². The monoisotopic (exact) mass is 438 g/mol. The van der Waals surface area contributed by atoms with Gasteiger partial charge in [0.25, 0.3) is 0 Å². The molecule has 2 heterocycles. The van der Waals surface area contributed by atoms with Crippen molar-refractivity contribution in [2.75, 3.05) is 64.9 Å². The van der Waals surface area contributed by atoms with E-state index < -0.39 is 6.04 Å². The van der Waals surface area contributed by atoms with E-state index in [4.69, 9.17) is 9.47 Å². The molecule has 2 aliphatic rings. The summed E-state index contributed by atoms with van der Waals surface area (Å²) in [7, 11) is 1.60. The minimum Gasteiger partial charge on any atom is -0.497 e. The number of nitrogens with one attached hydrogen (secondary N) is 1. The van der Waals surface area contributed by atoms with E-state index in [2.05, 4.69) is 10.2 Å². The number of carbonyl (C=O) groups excluding carboxylic acids is 2. The van der Waals surface area contributed by atoms with Gasteiger partial charge in [0, 0.05) is 51.0 Å². The van der Waals surface area contributed by atoms with Crippen LogP contribution in [0.5, 0.6) is 5.75 Å². The van der Waals surface area contributed by atoms with E-state index in [0.29, 0.717) is 63.9 Å². The fraction of sp³-hybridized carbons (Fsp3) is 0.417. The van der Waals surface area contributed by atoms with Gasteiger partial charge in [-0.25, -0.2) is 4.79 Å². The number of carbonyl (C=O) groups is 2. The minimum atomic E-state index is -0.442. The molecule has 0 radical (unpaired) electrons. The van der Waals surface area contributed by atoms with Crippen molar-refractivity contribution in [2.45, 2.75) is 6.04 Å². The molecule has 0 aromatic heterocycles. The summed E-state index contributed by atoms with van der Waals surface area (Å²) in [6.07, 6.45) is 0. The summed E-state index contributed by atoms with van der Waals surface area (Å²) >= 11 is 0. The van der Waals surface area contributed by atoms with Crippen LogP contribution in [-0.4, -0.2) is 86.2 Å². The number of morpholine rings is 1. The number of amides is 3. The van der Waals surface area contributed by atoms with Gasteiger partial charge in [-0.1, -0.05) is 36.4 Å². The van der Waals surface area contributed by atoms with Gasteiger partial charge in [0.2, 0.25) is 5.91 Å². The quantitative estimate of drug-likeness (QED) is 0.776. The lowest BCUT2D eigenvalue weighted by Gasteiger charge is -2.41. The van der Waals surface area contributed by atoms with Crippen LogP contribution in [0.15, 0.2) is 54.6 Å². The Hall–Kier alpha value is -3.10. The number of anilines is 1. The van der Waals surface area contributed by atoms with Crippen LogP contribution < -0.4 is 10.1 Å². The van der Waals surface area contributed by atoms with E-state index in [1.54, 1.807) is 13.2 Å². The molecule has 0 aliphatic carbocycles. The second kappa shape index (κ2) is 10.5. The average molecular weight is 439 g/mol. The van der Waals surface area contributed by atoms with Gasteiger partial charge in [-0.3, -0.25) is 9.69 Å². The van der Waals surface area contributed by atoms with E-state index in [-0.39, 0.29) is 11.9 Å². The summed E-state index contributed by atoms with van der Waals surface area (Å²) in [6.45, 7) is 4.88. The van der Waals surface area contributed by atoms with E-state index in [1.165, 1.54) is 0 Å². The van der Waals surface area contributed by atoms with Crippen molar-refractivity contribution < 1.29 is 19.1 Å². The molecule has 2 aromatic carbocycles. The largest absolute Gasteiger partial charge is 0.497 e. The standard InChI is InChI=1S/C24H30N4O4/c1-31-21-9-5-8-20(18-21)25-23(29)22(19-6-3-2-4-7-19)26-10-12-27(13-11-26)24(30)28-14-16-32-17-15-28/h2-9,18,22H,10-17H2,1H3,(H,25,29). The van der Waals surface area contributed by atoms with Crippen molar-refractivity contribution >= 4 is 17.6 Å². The molecule has 0 bridgehead atoms. The zero-order valence-electron chi connectivity index (χ0n) is 18.4. The molecule has 0 saturated carbocycles. The molecule has 2 saturated heterocycles. The molecule has 3 amide bonds. The predicted molar refractivity (Wildman–Crippen MR) is 122 cm³/mol. The van der Waals surface area contributed by atoms with E-state index in [1.807, 2.05) is 58.3 Å². The van der Waals surface area contributed by atoms with Crippen LogP contribution in [0.4, 0.5) is 10.5 Å². The third-order valence-corrected chi connectivity index (χ3v) is 5.93. The smallest absolute Gasteiger partial charge is 0.320 e. The summed E-state index contributed by atoms with van der Waals surface area (Å²) in [5, 5.41) is 3.03. The Morgan fingerprint density at radius 1 is 0.906 bits per heavy atom. The van der Waals surface area contributed by atoms with Crippen molar-refractivity contribution in [3.8, 4) is 5.75 Å². The van der Waals surface area contributed by atoms with E-state index >= 15 is 0 Å². The highest BCUT2D eigenvalue weighted by Crippen LogP contribution is 2.26. The van der Waals surface area contributed by atoms with Crippen molar-refractivity contribution in [3.63, 3.8) is 0 Å². The summed E-state index contributed by atoms with van der Waals surface area (Å²) < 4.78 is 10.6. The summed E-state index contributed by atoms with van der Waals surface area (Å²) in [4.78, 5) is 32.1. The number of nitrogens with zero attached hydrogens (tertiary/aromatic N) is 3. The van der Waals surface area contributed by atoms with Gasteiger partial charge in [0.05, 0.1) is 20.3 Å². The maximum Gasteiger partial charge on any atom is 0.320 e. The van der Waals surface area contributed by atoms with Crippen LogP contribution in [0.3, 0.4) is 0 Å². The maximum atomic E-state index is 13.4. The third-order valence-electron chi connectivity index (χ3n) is 5.93. The molecule has 1 atom stereocenters. The Morgan fingerprint density at radius 3 is 2.28 bits per heavy atom. The number of methoxy groups -OCH3 is 1. The van der Waals surface area contributed by atoms with Gasteiger partial charge in [-0.2, -0.15) is 0 Å². The summed E-state index contributed by atoms with van der Waals surface area (Å²) in [5.74, 6) is 0.590. The Kier molecular flexibility index (Phi) is 7.24. The fourth-order valence-corrected chi connectivity index (χ4v) is 4.20. The number of piperazine rings is 1. The van der Waals surface area contributed by atoms with Crippen molar-refractivity contribution in [1.29, 1.82) is 0 Å². The Bertz CT molecular complexity index is 909. The highest BCUT2D eigenvalue weighted by Gasteiger charge is 2.33. The Labute approximate surface area is 188 Å². The van der Waals surface area contributed by atoms with Crippen LogP contribution in [0, 0.1) is 0 Å². The summed E-state index contributed by atoms with van der Waals surface area (Å²) in [6, 6.07) is 16.7. The molecular weight excluding hydrogens is 408 g/mol. The molecule has 2 aromatic rings. The first-order chi connectivity index (χ1) is 15.7. The first-order valence-electron chi connectivity index (χ1n) is 11.0. The first kappa shape index (κ1) is 22.1. The first-order valence-corrected chi connectivity index (χ1v) is 11.0. The number of rotatable bonds is 5. The van der Waals surface area contributed by atoms with Crippen molar-refractivity contribution in [1.82, 2.24) is 14.7 Å². The molecule has 0 spiro atoms. The SMILES string of the molecule is COc1cccc(NC(=O)C(c2ccccc2)N2CCN(C(=O)N3CCOCC3)CC2)c1. The van der Waals surface area contributed by atoms with Gasteiger partial charge in [0.1, 0.15) is 11.8 Å². The number of benzene rings is 2. The molecule has 1 unspecified atom stereocenters. The van der Waals surface area contributed by atoms with Crippen LogP contribution in [0.2, 0.25) is 0 Å². The number of ether oxygens (including phenoxy) is 2. The van der Waals surface area contributed by atoms with Crippen LogP contribution in [-0.2, 0) is 9.53 Å². The van der Waals surface area contributed by atoms with Gasteiger partial charge in [0.15, 0.2) is 0 Å². The Balaban J connectivity index is 1.45. The lowest BCUT2D eigenvalue weighted by atomic mass is 10.0. The molecule has 170 valence electrons. The van der Waals surface area contributed by atoms with Gasteiger partial charge < -0.3 is 24.6 Å². The topological polar surface area (TPSA) is 74.4 Å². The predicted octanol–water partition coefficient (Wildman–Crippen LogP) is 2.44. The molecule has 2 aliphatic heterocycles. The molecule has 8 heteroatoms. The van der Waals surface area contributed by atoms with Crippen LogP contribution >= 0.6 is 0 Å². The summed E-state index contributed by atoms with van der Waals surface area (Å²) in [5.41, 5.74) is 1.62. The lowest BCUT2D eigenvalue weighted by Crippen LogP contribution is -2.56. The zero-order valence-corrected chi connectivity index (χ0v) is 18.4. The van der Waals surface area contributed by atoms with Gasteiger partial charge >= 0.3 is 6.03 Å². The normalized spacial score (nSPS) is 18.2. The molecule has 2 fully saturated rings. The second-order valence-corrected chi connectivity index (χ2v) is 7.94. The number of hydrogen-bond acceptors (Lipinski definition) is 5. The number of hydrogen-bond donors (Lipinski definition) is 1. The highest BCUT2D eigenvalue weighted by molar-refractivity contribution is 5.95. The van der Waals surface area contributed by atoms with E-state index in [9.17, 15) is 9.59 Å². The minimum absolute atomic E-state index is 0.0602. The molecular formula is C24H30N4O4. The second-order valence-electron chi connectivity index (χ2n) is 7.94. The average Bonchev–Trinajstić information content (AvgIpc) is 2.85. The van der Waals surface area contributed by atoms with Crippen molar-refractivity contribution in [3.05, 3.63) is 60.2 Å². The van der Waals surface area contributed by atoms with E-state index in [0.717, 1.165) is 5.56 Å². The lowest BCUT2D eigenvalue weighted by molar-refractivity contribution is -0.122. The highest BCUT2D eigenvalue weighted by atomic mass is 16.5. The zero-order chi connectivity index (χ0) is 22.3. The van der Waals surface area contributed by atoms with Crippen LogP contribution in [0.1, 0.15) is 11.6 Å². The number of urea groups is 1.